The van der Waals surface area contributed by atoms with Crippen LogP contribution in [-0.2, 0) is 9.59 Å². The van der Waals surface area contributed by atoms with E-state index in [9.17, 15) is 19.2 Å². The Bertz CT molecular complexity index is 836. The molecular formula is C15H10N2O5S3. The summed E-state index contributed by atoms with van der Waals surface area (Å²) in [4.78, 5) is 46.7. The SMILES string of the molecule is O=C(CC1SC(=O)NC1=O)Oc1cccc(/C=C2\SC(=O)NC2=S)c1. The van der Waals surface area contributed by atoms with Crippen LogP contribution in [0.2, 0.25) is 0 Å². The second-order valence-electron chi connectivity index (χ2n) is 4.99. The molecule has 7 nitrogen and oxygen atoms in total. The fourth-order valence-corrected chi connectivity index (χ4v) is 3.93. The molecule has 1 aromatic rings. The van der Waals surface area contributed by atoms with Gasteiger partial charge in [0.15, 0.2) is 0 Å². The molecule has 2 aliphatic rings. The van der Waals surface area contributed by atoms with Gasteiger partial charge in [-0.25, -0.2) is 0 Å². The first kappa shape index (κ1) is 17.6. The van der Waals surface area contributed by atoms with E-state index in [1.54, 1.807) is 30.3 Å². The molecule has 0 radical (unpaired) electrons. The molecule has 2 aliphatic heterocycles. The van der Waals surface area contributed by atoms with Gasteiger partial charge in [0.2, 0.25) is 5.91 Å². The lowest BCUT2D eigenvalue weighted by atomic mass is 10.2. The molecule has 0 saturated carbocycles. The number of ether oxygens (including phenoxy) is 1. The van der Waals surface area contributed by atoms with E-state index in [1.807, 2.05) is 0 Å². The maximum Gasteiger partial charge on any atom is 0.312 e. The van der Waals surface area contributed by atoms with E-state index < -0.39 is 22.4 Å². The van der Waals surface area contributed by atoms with Crippen molar-refractivity contribution in [1.82, 2.24) is 10.6 Å². The predicted molar refractivity (Wildman–Crippen MR) is 98.3 cm³/mol. The number of carbonyl (C=O) groups excluding carboxylic acids is 4. The van der Waals surface area contributed by atoms with Gasteiger partial charge in [0.05, 0.1) is 11.3 Å². The molecule has 0 aromatic heterocycles. The number of hydrogen-bond acceptors (Lipinski definition) is 8. The van der Waals surface area contributed by atoms with Crippen LogP contribution in [0.1, 0.15) is 12.0 Å². The maximum atomic E-state index is 11.9. The Balaban J connectivity index is 1.66. The van der Waals surface area contributed by atoms with Gasteiger partial charge >= 0.3 is 5.97 Å². The van der Waals surface area contributed by atoms with Gasteiger partial charge < -0.3 is 10.1 Å². The molecule has 0 bridgehead atoms. The third-order valence-corrected chi connectivity index (χ3v) is 5.41. The Hall–Kier alpha value is -2.17. The Morgan fingerprint density at radius 2 is 2.04 bits per heavy atom. The van der Waals surface area contributed by atoms with E-state index in [4.69, 9.17) is 17.0 Å². The average molecular weight is 394 g/mol. The number of carbonyl (C=O) groups is 4. The van der Waals surface area contributed by atoms with Gasteiger partial charge in [-0.1, -0.05) is 36.1 Å². The van der Waals surface area contributed by atoms with Gasteiger partial charge in [-0.15, -0.1) is 0 Å². The Labute approximate surface area is 155 Å². The van der Waals surface area contributed by atoms with Crippen LogP contribution in [0.15, 0.2) is 29.2 Å². The fraction of sp³-hybridized carbons (Fsp3) is 0.133. The number of benzene rings is 1. The largest absolute Gasteiger partial charge is 0.426 e. The summed E-state index contributed by atoms with van der Waals surface area (Å²) in [5, 5.41) is 3.16. The Morgan fingerprint density at radius 3 is 2.68 bits per heavy atom. The lowest BCUT2D eigenvalue weighted by Gasteiger charge is -2.07. The summed E-state index contributed by atoms with van der Waals surface area (Å²) < 4.78 is 5.22. The molecule has 1 unspecified atom stereocenters. The number of thiocarbonyl (C=S) groups is 1. The first-order chi connectivity index (χ1) is 11.9. The maximum absolute atomic E-state index is 11.9. The van der Waals surface area contributed by atoms with E-state index in [-0.39, 0.29) is 11.7 Å². The second-order valence-corrected chi connectivity index (χ2v) is 7.58. The Kier molecular flexibility index (Phi) is 5.21. The van der Waals surface area contributed by atoms with Crippen molar-refractivity contribution in [3.05, 3.63) is 34.7 Å². The summed E-state index contributed by atoms with van der Waals surface area (Å²) in [6.07, 6.45) is 1.51. The minimum absolute atomic E-state index is 0.202. The van der Waals surface area contributed by atoms with E-state index in [0.29, 0.717) is 21.2 Å². The molecular weight excluding hydrogens is 384 g/mol. The lowest BCUT2D eigenvalue weighted by molar-refractivity contribution is -0.135. The number of thioether (sulfide) groups is 2. The van der Waals surface area contributed by atoms with Crippen molar-refractivity contribution >= 4 is 69.2 Å². The molecule has 2 fully saturated rings. The predicted octanol–water partition coefficient (Wildman–Crippen LogP) is 2.46. The highest BCUT2D eigenvalue weighted by Crippen LogP contribution is 2.28. The fourth-order valence-electron chi connectivity index (χ4n) is 2.09. The molecule has 10 heteroatoms. The minimum atomic E-state index is -0.769. The first-order valence-electron chi connectivity index (χ1n) is 6.98. The van der Waals surface area contributed by atoms with E-state index in [1.165, 1.54) is 0 Å². The standard InChI is InChI=1S/C15H10N2O5S3/c18-11(6-9-12(19)16-14(20)24-9)22-8-3-1-2-7(4-8)5-10-13(23)17-15(21)25-10/h1-5,9H,6H2,(H,16,19,20)(H,17,21,23)/b10-5-. The molecule has 1 atom stereocenters. The van der Waals surface area contributed by atoms with Crippen LogP contribution >= 0.6 is 35.7 Å². The van der Waals surface area contributed by atoms with Gasteiger partial charge in [0, 0.05) is 0 Å². The molecule has 2 saturated heterocycles. The third-order valence-electron chi connectivity index (χ3n) is 3.15. The van der Waals surface area contributed by atoms with Gasteiger partial charge in [-0.3, -0.25) is 24.5 Å². The molecule has 128 valence electrons. The van der Waals surface area contributed by atoms with Crippen LogP contribution < -0.4 is 15.4 Å². The number of esters is 1. The van der Waals surface area contributed by atoms with Crippen LogP contribution in [0.25, 0.3) is 6.08 Å². The van der Waals surface area contributed by atoms with Crippen molar-refractivity contribution in [2.24, 2.45) is 0 Å². The van der Waals surface area contributed by atoms with Gasteiger partial charge in [0.1, 0.15) is 16.0 Å². The lowest BCUT2D eigenvalue weighted by Crippen LogP contribution is -2.27. The van der Waals surface area contributed by atoms with Crippen molar-refractivity contribution in [3.63, 3.8) is 0 Å². The van der Waals surface area contributed by atoms with Crippen LogP contribution in [0.5, 0.6) is 5.75 Å². The molecule has 0 spiro atoms. The molecule has 2 N–H and O–H groups in total. The monoisotopic (exact) mass is 394 g/mol. The van der Waals surface area contributed by atoms with Crippen LogP contribution in [0.3, 0.4) is 0 Å². The van der Waals surface area contributed by atoms with Crippen molar-refractivity contribution < 1.29 is 23.9 Å². The molecule has 1 aromatic carbocycles. The topological polar surface area (TPSA) is 102 Å². The molecule has 2 heterocycles. The zero-order valence-corrected chi connectivity index (χ0v) is 14.9. The highest BCUT2D eigenvalue weighted by Gasteiger charge is 2.33. The summed E-state index contributed by atoms with van der Waals surface area (Å²) >= 11 is 6.81. The summed E-state index contributed by atoms with van der Waals surface area (Å²) in [6, 6.07) is 6.67. The zero-order valence-electron chi connectivity index (χ0n) is 12.4. The molecule has 3 amide bonds. The highest BCUT2D eigenvalue weighted by atomic mass is 32.2. The minimum Gasteiger partial charge on any atom is -0.426 e. The summed E-state index contributed by atoms with van der Waals surface area (Å²) in [6.45, 7) is 0. The average Bonchev–Trinajstić information content (AvgIpc) is 3.00. The normalized spacial score (nSPS) is 21.4. The molecule has 0 aliphatic carbocycles. The summed E-state index contributed by atoms with van der Waals surface area (Å²) in [5.41, 5.74) is 0.704. The van der Waals surface area contributed by atoms with E-state index in [0.717, 1.165) is 23.5 Å². The van der Waals surface area contributed by atoms with Crippen molar-refractivity contribution in [2.45, 2.75) is 11.7 Å². The highest BCUT2D eigenvalue weighted by molar-refractivity contribution is 8.19. The van der Waals surface area contributed by atoms with E-state index in [2.05, 4.69) is 10.6 Å². The van der Waals surface area contributed by atoms with Gasteiger partial charge in [-0.2, -0.15) is 0 Å². The smallest absolute Gasteiger partial charge is 0.312 e. The zero-order chi connectivity index (χ0) is 18.0. The van der Waals surface area contributed by atoms with E-state index >= 15 is 0 Å². The van der Waals surface area contributed by atoms with Crippen molar-refractivity contribution in [2.75, 3.05) is 0 Å². The molecule has 3 rings (SSSR count). The van der Waals surface area contributed by atoms with Crippen molar-refractivity contribution in [1.29, 1.82) is 0 Å². The van der Waals surface area contributed by atoms with Gasteiger partial charge in [0.25, 0.3) is 10.5 Å². The quantitative estimate of drug-likeness (QED) is 0.348. The number of nitrogens with one attached hydrogen (secondary N) is 2. The van der Waals surface area contributed by atoms with Crippen LogP contribution in [0.4, 0.5) is 9.59 Å². The summed E-state index contributed by atoms with van der Waals surface area (Å²) in [7, 11) is 0. The van der Waals surface area contributed by atoms with Crippen LogP contribution in [0, 0.1) is 0 Å². The number of hydrogen-bond donors (Lipinski definition) is 2. The van der Waals surface area contributed by atoms with Gasteiger partial charge in [-0.05, 0) is 35.5 Å². The third kappa shape index (κ3) is 4.47. The first-order valence-corrected chi connectivity index (χ1v) is 9.08. The Morgan fingerprint density at radius 1 is 1.24 bits per heavy atom. The number of rotatable bonds is 4. The number of amides is 3. The second kappa shape index (κ2) is 7.38. The molecule has 25 heavy (non-hydrogen) atoms. The van der Waals surface area contributed by atoms with Crippen LogP contribution in [-0.4, -0.2) is 32.6 Å². The summed E-state index contributed by atoms with van der Waals surface area (Å²) in [5.74, 6) is -0.814. The number of imide groups is 1. The van der Waals surface area contributed by atoms with Crippen molar-refractivity contribution in [3.8, 4) is 5.75 Å².